The molecule has 4 heteroatoms. The van der Waals surface area contributed by atoms with Crippen molar-refractivity contribution in [2.24, 2.45) is 0 Å². The molecular weight excluding hydrogens is 289 g/mol. The Bertz CT molecular complexity index is 817. The van der Waals surface area contributed by atoms with Crippen molar-refractivity contribution in [2.45, 2.75) is 19.4 Å². The van der Waals surface area contributed by atoms with Gasteiger partial charge < -0.3 is 11.1 Å². The van der Waals surface area contributed by atoms with Gasteiger partial charge in [-0.15, -0.1) is 0 Å². The summed E-state index contributed by atoms with van der Waals surface area (Å²) in [6, 6.07) is 16.9. The Labute approximate surface area is 135 Å². The highest BCUT2D eigenvalue weighted by atomic mass is 19.1. The second-order valence-corrected chi connectivity index (χ2v) is 5.74. The molecule has 1 unspecified atom stereocenters. The van der Waals surface area contributed by atoms with Gasteiger partial charge in [0.1, 0.15) is 11.6 Å². The van der Waals surface area contributed by atoms with Crippen LogP contribution in [0.1, 0.15) is 24.1 Å². The Hall–Kier alpha value is -2.46. The number of hydrogen-bond acceptors (Lipinski definition) is 3. The molecule has 23 heavy (non-hydrogen) atoms. The number of nitrogen functional groups attached to an aromatic ring is 1. The van der Waals surface area contributed by atoms with Crippen molar-refractivity contribution >= 4 is 16.7 Å². The minimum atomic E-state index is -0.186. The lowest BCUT2D eigenvalue weighted by atomic mass is 10.1. The number of nitrogens with one attached hydrogen (secondary N) is 1. The van der Waals surface area contributed by atoms with Crippen molar-refractivity contribution in [3.8, 4) is 0 Å². The Balaban J connectivity index is 1.64. The summed E-state index contributed by atoms with van der Waals surface area (Å²) < 4.78 is 13.2. The molecule has 2 aromatic carbocycles. The molecule has 3 aromatic rings. The standard InChI is InChI=1S/C19H20FN3/c1-13(22-10-9-14-3-2-4-17(20)11-14)16-6-5-15-7-8-19(21)23-18(15)12-16/h2-8,11-13,22H,9-10H2,1H3,(H2,21,23). The Kier molecular flexibility index (Phi) is 4.53. The van der Waals surface area contributed by atoms with Gasteiger partial charge in [0, 0.05) is 11.4 Å². The Morgan fingerprint density at radius 2 is 1.96 bits per heavy atom. The zero-order valence-corrected chi connectivity index (χ0v) is 13.1. The van der Waals surface area contributed by atoms with E-state index in [0.717, 1.165) is 35.0 Å². The molecule has 0 aliphatic carbocycles. The number of aromatic nitrogens is 1. The number of nitrogens with zero attached hydrogens (tertiary/aromatic N) is 1. The lowest BCUT2D eigenvalue weighted by Gasteiger charge is -2.15. The number of rotatable bonds is 5. The third kappa shape index (κ3) is 3.85. The van der Waals surface area contributed by atoms with Gasteiger partial charge in [-0.1, -0.05) is 24.3 Å². The van der Waals surface area contributed by atoms with Crippen LogP contribution >= 0.6 is 0 Å². The van der Waals surface area contributed by atoms with Crippen molar-refractivity contribution in [3.63, 3.8) is 0 Å². The monoisotopic (exact) mass is 309 g/mol. The summed E-state index contributed by atoms with van der Waals surface area (Å²) in [7, 11) is 0. The maximum absolute atomic E-state index is 13.2. The van der Waals surface area contributed by atoms with E-state index in [0.29, 0.717) is 5.82 Å². The third-order valence-corrected chi connectivity index (χ3v) is 3.99. The molecule has 0 bridgehead atoms. The van der Waals surface area contributed by atoms with E-state index < -0.39 is 0 Å². The molecule has 0 radical (unpaired) electrons. The molecule has 1 aromatic heterocycles. The van der Waals surface area contributed by atoms with Gasteiger partial charge >= 0.3 is 0 Å². The van der Waals surface area contributed by atoms with Crippen LogP contribution < -0.4 is 11.1 Å². The van der Waals surface area contributed by atoms with Crippen LogP contribution in [-0.2, 0) is 6.42 Å². The van der Waals surface area contributed by atoms with Crippen molar-refractivity contribution in [2.75, 3.05) is 12.3 Å². The third-order valence-electron chi connectivity index (χ3n) is 3.99. The minimum Gasteiger partial charge on any atom is -0.384 e. The second-order valence-electron chi connectivity index (χ2n) is 5.74. The largest absolute Gasteiger partial charge is 0.384 e. The van der Waals surface area contributed by atoms with Gasteiger partial charge in [-0.2, -0.15) is 0 Å². The summed E-state index contributed by atoms with van der Waals surface area (Å²) in [5.74, 6) is 0.343. The zero-order valence-electron chi connectivity index (χ0n) is 13.1. The SMILES string of the molecule is CC(NCCc1cccc(F)c1)c1ccc2ccc(N)nc2c1. The molecule has 3 N–H and O–H groups in total. The van der Waals surface area contributed by atoms with E-state index in [1.807, 2.05) is 18.2 Å². The zero-order chi connectivity index (χ0) is 16.2. The van der Waals surface area contributed by atoms with Gasteiger partial charge in [0.15, 0.2) is 0 Å². The molecule has 0 aliphatic heterocycles. The van der Waals surface area contributed by atoms with Crippen molar-refractivity contribution in [1.29, 1.82) is 0 Å². The maximum Gasteiger partial charge on any atom is 0.124 e. The fourth-order valence-electron chi connectivity index (χ4n) is 2.66. The lowest BCUT2D eigenvalue weighted by molar-refractivity contribution is 0.575. The van der Waals surface area contributed by atoms with E-state index in [9.17, 15) is 4.39 Å². The number of anilines is 1. The first-order valence-corrected chi connectivity index (χ1v) is 7.76. The van der Waals surface area contributed by atoms with E-state index in [1.54, 1.807) is 12.1 Å². The van der Waals surface area contributed by atoms with Crippen LogP contribution in [0.15, 0.2) is 54.6 Å². The molecule has 118 valence electrons. The number of pyridine rings is 1. The maximum atomic E-state index is 13.2. The highest BCUT2D eigenvalue weighted by Gasteiger charge is 2.06. The number of fused-ring (bicyclic) bond motifs is 1. The normalized spacial score (nSPS) is 12.4. The van der Waals surface area contributed by atoms with Gasteiger partial charge in [-0.3, -0.25) is 0 Å². The van der Waals surface area contributed by atoms with Crippen LogP contribution in [-0.4, -0.2) is 11.5 Å². The average molecular weight is 309 g/mol. The first kappa shape index (κ1) is 15.4. The van der Waals surface area contributed by atoms with Crippen molar-refractivity contribution < 1.29 is 4.39 Å². The Morgan fingerprint density at radius 3 is 2.78 bits per heavy atom. The molecule has 1 heterocycles. The molecule has 0 saturated heterocycles. The van der Waals surface area contributed by atoms with E-state index in [4.69, 9.17) is 5.73 Å². The quantitative estimate of drug-likeness (QED) is 0.752. The van der Waals surface area contributed by atoms with Gasteiger partial charge in [0.25, 0.3) is 0 Å². The second kappa shape index (κ2) is 6.75. The molecule has 0 amide bonds. The van der Waals surface area contributed by atoms with Gasteiger partial charge in [0.2, 0.25) is 0 Å². The highest BCUT2D eigenvalue weighted by Crippen LogP contribution is 2.20. The van der Waals surface area contributed by atoms with Crippen molar-refractivity contribution in [1.82, 2.24) is 10.3 Å². The van der Waals surface area contributed by atoms with Gasteiger partial charge in [-0.25, -0.2) is 9.37 Å². The molecular formula is C19H20FN3. The van der Waals surface area contributed by atoms with Crippen LogP contribution in [0.4, 0.5) is 10.2 Å². The molecule has 3 rings (SSSR count). The molecule has 3 nitrogen and oxygen atoms in total. The smallest absolute Gasteiger partial charge is 0.124 e. The molecule has 0 spiro atoms. The topological polar surface area (TPSA) is 50.9 Å². The van der Waals surface area contributed by atoms with E-state index >= 15 is 0 Å². The van der Waals surface area contributed by atoms with Gasteiger partial charge in [0.05, 0.1) is 5.52 Å². The first-order chi connectivity index (χ1) is 11.1. The first-order valence-electron chi connectivity index (χ1n) is 7.76. The number of benzene rings is 2. The lowest BCUT2D eigenvalue weighted by Crippen LogP contribution is -2.21. The highest BCUT2D eigenvalue weighted by molar-refractivity contribution is 5.80. The summed E-state index contributed by atoms with van der Waals surface area (Å²) in [6.45, 7) is 2.89. The van der Waals surface area contributed by atoms with Gasteiger partial charge in [-0.05, 0) is 61.3 Å². The number of hydrogen-bond donors (Lipinski definition) is 2. The molecule has 0 saturated carbocycles. The fraction of sp³-hybridized carbons (Fsp3) is 0.211. The average Bonchev–Trinajstić information content (AvgIpc) is 2.54. The predicted octanol–water partition coefficient (Wildman–Crippen LogP) is 3.85. The molecule has 0 fully saturated rings. The Morgan fingerprint density at radius 1 is 1.13 bits per heavy atom. The van der Waals surface area contributed by atoms with Crippen LogP contribution in [0.2, 0.25) is 0 Å². The van der Waals surface area contributed by atoms with E-state index in [1.165, 1.54) is 6.07 Å². The predicted molar refractivity (Wildman–Crippen MR) is 92.7 cm³/mol. The summed E-state index contributed by atoms with van der Waals surface area (Å²) in [4.78, 5) is 4.36. The van der Waals surface area contributed by atoms with Crippen LogP contribution in [0.3, 0.4) is 0 Å². The molecule has 0 aliphatic rings. The number of nitrogens with two attached hydrogens (primary N) is 1. The van der Waals surface area contributed by atoms with E-state index in [2.05, 4.69) is 35.4 Å². The summed E-state index contributed by atoms with van der Waals surface area (Å²) in [6.07, 6.45) is 0.793. The van der Waals surface area contributed by atoms with Crippen LogP contribution in [0.25, 0.3) is 10.9 Å². The number of halogens is 1. The van der Waals surface area contributed by atoms with Crippen LogP contribution in [0.5, 0.6) is 0 Å². The fourth-order valence-corrected chi connectivity index (χ4v) is 2.66. The summed E-state index contributed by atoms with van der Waals surface area (Å²) in [5, 5.41) is 4.54. The van der Waals surface area contributed by atoms with Crippen LogP contribution in [0, 0.1) is 5.82 Å². The van der Waals surface area contributed by atoms with Crippen molar-refractivity contribution in [3.05, 3.63) is 71.5 Å². The minimum absolute atomic E-state index is 0.186. The summed E-state index contributed by atoms with van der Waals surface area (Å²) in [5.41, 5.74) is 8.81. The summed E-state index contributed by atoms with van der Waals surface area (Å²) >= 11 is 0. The molecule has 1 atom stereocenters. The van der Waals surface area contributed by atoms with E-state index in [-0.39, 0.29) is 11.9 Å².